The second-order valence-electron chi connectivity index (χ2n) is 5.56. The van der Waals surface area contributed by atoms with Crippen molar-refractivity contribution in [3.05, 3.63) is 0 Å². The smallest absolute Gasteiger partial charge is 0.213 e. The number of hydrazine groups is 2. The third-order valence-electron chi connectivity index (χ3n) is 2.61. The summed E-state index contributed by atoms with van der Waals surface area (Å²) in [4.78, 5) is 0.933. The molecule has 3 N–H and O–H groups in total. The van der Waals surface area contributed by atoms with Crippen LogP contribution in [0, 0.1) is 0 Å². The van der Waals surface area contributed by atoms with Crippen molar-refractivity contribution in [2.75, 3.05) is 17.8 Å². The van der Waals surface area contributed by atoms with Crippen LogP contribution < -0.4 is 14.4 Å². The Balaban J connectivity index is 6.12. The molecule has 0 aliphatic heterocycles. The lowest BCUT2D eigenvalue weighted by atomic mass is 10.4. The van der Waals surface area contributed by atoms with Gasteiger partial charge < -0.3 is 0 Å². The van der Waals surface area contributed by atoms with Gasteiger partial charge in [-0.1, -0.05) is 6.92 Å². The van der Waals surface area contributed by atoms with Crippen LogP contribution in [-0.4, -0.2) is 60.8 Å². The van der Waals surface area contributed by atoms with Gasteiger partial charge in [-0.3, -0.25) is 0 Å². The molecule has 0 radical (unpaired) electrons. The number of nitrogens with one attached hydrogen (secondary N) is 3. The highest BCUT2D eigenvalue weighted by Crippen LogP contribution is 2.17. The Morgan fingerprint density at radius 3 is 1.64 bits per heavy atom. The fraction of sp³-hybridized carbons (Fsp3) is 1.00. The third kappa shape index (κ3) is 7.81. The molecule has 0 aromatic heterocycles. The number of sulfonamides is 4. The molecule has 0 saturated heterocycles. The van der Waals surface area contributed by atoms with Crippen molar-refractivity contribution in [2.24, 2.45) is 0 Å². The Morgan fingerprint density at radius 1 is 0.840 bits per heavy atom. The highest BCUT2D eigenvalue weighted by molar-refractivity contribution is 7.95. The van der Waals surface area contributed by atoms with Crippen LogP contribution in [0.25, 0.3) is 0 Å². The van der Waals surface area contributed by atoms with Crippen molar-refractivity contribution >= 4 is 40.1 Å². The van der Waals surface area contributed by atoms with E-state index in [-0.39, 0.29) is 10.9 Å². The van der Waals surface area contributed by atoms with Gasteiger partial charge in [-0.2, -0.15) is 4.72 Å². The molecule has 0 aliphatic rings. The molecule has 16 heteroatoms. The summed E-state index contributed by atoms with van der Waals surface area (Å²) in [5.41, 5.74) is 0. The quantitative estimate of drug-likeness (QED) is 0.306. The lowest BCUT2D eigenvalue weighted by molar-refractivity contribution is 0.328. The number of hydrogen-bond acceptors (Lipinski definition) is 8. The Morgan fingerprint density at radius 2 is 1.28 bits per heavy atom. The first-order valence-electron chi connectivity index (χ1n) is 6.93. The monoisotopic (exact) mass is 444 g/mol. The Bertz CT molecular complexity index is 874. The predicted octanol–water partition coefficient (Wildman–Crippen LogP) is -2.00. The van der Waals surface area contributed by atoms with E-state index in [1.54, 1.807) is 9.66 Å². The first-order chi connectivity index (χ1) is 10.9. The molecule has 0 aromatic rings. The lowest BCUT2D eigenvalue weighted by Gasteiger charge is -2.31. The summed E-state index contributed by atoms with van der Waals surface area (Å²) in [5.74, 6) is -1.03. The minimum Gasteiger partial charge on any atom is -0.213 e. The molecule has 0 unspecified atom stereocenters. The maximum Gasteiger partial charge on any atom is 0.261 e. The molecule has 0 heterocycles. The van der Waals surface area contributed by atoms with Gasteiger partial charge >= 0.3 is 0 Å². The normalized spacial score (nSPS) is 14.8. The van der Waals surface area contributed by atoms with Crippen molar-refractivity contribution in [2.45, 2.75) is 39.0 Å². The highest BCUT2D eigenvalue weighted by atomic mass is 32.2. The van der Waals surface area contributed by atoms with Crippen molar-refractivity contribution < 1.29 is 33.7 Å². The maximum atomic E-state index is 12.7. The van der Waals surface area contributed by atoms with Gasteiger partial charge in [0, 0.05) is 0 Å². The fourth-order valence-corrected chi connectivity index (χ4v) is 6.58. The van der Waals surface area contributed by atoms with Crippen molar-refractivity contribution in [1.29, 1.82) is 0 Å². The minimum absolute atomic E-state index is 0.134. The summed E-state index contributed by atoms with van der Waals surface area (Å²) in [6.07, 6.45) is 0.834. The van der Waals surface area contributed by atoms with Crippen LogP contribution in [0.2, 0.25) is 0 Å². The largest absolute Gasteiger partial charge is 0.261 e. The average Bonchev–Trinajstić information content (AvgIpc) is 2.34. The Hall–Kier alpha value is -0.360. The molecule has 0 rings (SSSR count). The highest BCUT2D eigenvalue weighted by Gasteiger charge is 2.44. The van der Waals surface area contributed by atoms with Crippen molar-refractivity contribution in [3.8, 4) is 0 Å². The van der Waals surface area contributed by atoms with E-state index in [0.717, 1.165) is 13.8 Å². The summed E-state index contributed by atoms with van der Waals surface area (Å²) in [6.45, 7) is 4.59. The minimum atomic E-state index is -4.87. The van der Waals surface area contributed by atoms with E-state index in [2.05, 4.69) is 0 Å². The van der Waals surface area contributed by atoms with E-state index >= 15 is 0 Å². The molecule has 0 saturated carbocycles. The summed E-state index contributed by atoms with van der Waals surface area (Å²) in [5, 5.41) is 0. The van der Waals surface area contributed by atoms with Crippen LogP contribution >= 0.6 is 0 Å². The number of rotatable bonds is 11. The maximum absolute atomic E-state index is 12.7. The van der Waals surface area contributed by atoms with Gasteiger partial charge in [-0.15, -0.1) is 9.66 Å². The second-order valence-corrected chi connectivity index (χ2v) is 13.5. The van der Waals surface area contributed by atoms with Crippen molar-refractivity contribution in [3.63, 3.8) is 0 Å². The molecule has 12 nitrogen and oxygen atoms in total. The van der Waals surface area contributed by atoms with Crippen LogP contribution in [0.3, 0.4) is 0 Å². The molecule has 0 amide bonds. The molecule has 0 aromatic carbocycles. The zero-order valence-corrected chi connectivity index (χ0v) is 17.7. The second kappa shape index (κ2) is 8.12. The number of nitrogens with zero attached hydrogens (tertiary/aromatic N) is 1. The molecule has 0 bridgehead atoms. The third-order valence-corrected chi connectivity index (χ3v) is 8.54. The standard InChI is InChI=1S/C9H24N4O8S4/c1-6-8-24(18,19)12-13(11-23(16,17)7-2)25(20,21)9(3,4)10-22(5,14)15/h10-12H,6-8H2,1-5H3. The molecule has 0 fully saturated rings. The summed E-state index contributed by atoms with van der Waals surface area (Å²) < 4.78 is 96.9. The van der Waals surface area contributed by atoms with Gasteiger partial charge in [-0.25, -0.2) is 33.7 Å². The van der Waals surface area contributed by atoms with E-state index in [9.17, 15) is 33.7 Å². The summed E-state index contributed by atoms with van der Waals surface area (Å²) in [7, 11) is -17.3. The van der Waals surface area contributed by atoms with Gasteiger partial charge in [0.05, 0.1) is 17.8 Å². The van der Waals surface area contributed by atoms with Gasteiger partial charge in [-0.05, 0) is 31.7 Å². The van der Waals surface area contributed by atoms with Gasteiger partial charge in [0.15, 0.2) is 0 Å². The van der Waals surface area contributed by atoms with Crippen LogP contribution in [0.1, 0.15) is 34.1 Å². The summed E-state index contributed by atoms with van der Waals surface area (Å²) >= 11 is 0. The van der Waals surface area contributed by atoms with Gasteiger partial charge in [0.1, 0.15) is 4.87 Å². The zero-order chi connectivity index (χ0) is 20.3. The van der Waals surface area contributed by atoms with E-state index in [1.807, 2.05) is 4.72 Å². The van der Waals surface area contributed by atoms with Gasteiger partial charge in [0.25, 0.3) is 10.0 Å². The molecular formula is C9H24N4O8S4. The van der Waals surface area contributed by atoms with E-state index < -0.39 is 56.5 Å². The van der Waals surface area contributed by atoms with E-state index in [0.29, 0.717) is 6.26 Å². The Kier molecular flexibility index (Phi) is 8.00. The molecule has 0 spiro atoms. The Labute approximate surface area is 149 Å². The van der Waals surface area contributed by atoms with Crippen LogP contribution in [0.15, 0.2) is 0 Å². The molecular weight excluding hydrogens is 420 g/mol. The molecule has 0 atom stereocenters. The molecule has 25 heavy (non-hydrogen) atoms. The average molecular weight is 445 g/mol. The summed E-state index contributed by atoms with van der Waals surface area (Å²) in [6, 6.07) is 0. The predicted molar refractivity (Wildman–Crippen MR) is 92.6 cm³/mol. The van der Waals surface area contributed by atoms with Gasteiger partial charge in [0.2, 0.25) is 30.1 Å². The fourth-order valence-electron chi connectivity index (χ4n) is 1.48. The SMILES string of the molecule is CCCS(=O)(=O)NN(NS(=O)(=O)CC)S(=O)(=O)C(C)(C)NS(C)(=O)=O. The molecule has 0 aliphatic carbocycles. The van der Waals surface area contributed by atoms with E-state index in [4.69, 9.17) is 0 Å². The van der Waals surface area contributed by atoms with Crippen LogP contribution in [0.5, 0.6) is 0 Å². The first kappa shape index (κ1) is 24.6. The molecule has 152 valence electrons. The zero-order valence-electron chi connectivity index (χ0n) is 14.5. The van der Waals surface area contributed by atoms with Crippen molar-refractivity contribution in [1.82, 2.24) is 18.9 Å². The first-order valence-corrected chi connectivity index (χ1v) is 13.6. The number of hydrogen-bond donors (Lipinski definition) is 3. The van der Waals surface area contributed by atoms with Crippen LogP contribution in [-0.2, 0) is 40.1 Å². The lowest BCUT2D eigenvalue weighted by Crippen LogP contribution is -2.64. The van der Waals surface area contributed by atoms with E-state index in [1.165, 1.54) is 13.8 Å². The van der Waals surface area contributed by atoms with Crippen LogP contribution in [0.4, 0.5) is 0 Å². The topological polar surface area (TPSA) is 176 Å².